The minimum atomic E-state index is -3.82. The number of hydrazone groups is 1. The Balaban J connectivity index is 1.51. The fourth-order valence-electron chi connectivity index (χ4n) is 3.96. The lowest BCUT2D eigenvalue weighted by molar-refractivity contribution is -0.124. The van der Waals surface area contributed by atoms with Gasteiger partial charge in [0.05, 0.1) is 17.7 Å². The summed E-state index contributed by atoms with van der Waals surface area (Å²) in [5, 5.41) is 6.44. The summed E-state index contributed by atoms with van der Waals surface area (Å²) >= 11 is 5.87. The monoisotopic (exact) mass is 485 g/mol. The van der Waals surface area contributed by atoms with Crippen LogP contribution in [-0.2, 0) is 14.8 Å². The molecular formula is C24H24ClN3O4S. The maximum Gasteiger partial charge on any atom is 0.258 e. The van der Waals surface area contributed by atoms with E-state index in [1.54, 1.807) is 6.21 Å². The zero-order chi connectivity index (χ0) is 23.4. The van der Waals surface area contributed by atoms with E-state index in [2.05, 4.69) is 10.5 Å². The Kier molecular flexibility index (Phi) is 6.97. The van der Waals surface area contributed by atoms with Crippen molar-refractivity contribution in [2.75, 3.05) is 13.2 Å². The van der Waals surface area contributed by atoms with Crippen LogP contribution in [0.15, 0.2) is 70.7 Å². The number of hydrogen-bond donors (Lipinski definition) is 1. The van der Waals surface area contributed by atoms with Gasteiger partial charge in [0, 0.05) is 22.5 Å². The van der Waals surface area contributed by atoms with Gasteiger partial charge < -0.3 is 4.74 Å². The number of rotatable bonds is 7. The first-order valence-electron chi connectivity index (χ1n) is 10.7. The second-order valence-electron chi connectivity index (χ2n) is 7.59. The fraction of sp³-hybridized carbons (Fsp3) is 0.250. The summed E-state index contributed by atoms with van der Waals surface area (Å²) in [5.74, 6) is 0.319. The summed E-state index contributed by atoms with van der Waals surface area (Å²) < 4.78 is 33.0. The quantitative estimate of drug-likeness (QED) is 0.401. The molecule has 0 bridgehead atoms. The molecule has 1 amide bonds. The Labute approximate surface area is 198 Å². The van der Waals surface area contributed by atoms with Crippen LogP contribution in [0.25, 0.3) is 10.8 Å². The summed E-state index contributed by atoms with van der Waals surface area (Å²) in [6, 6.07) is 16.6. The molecule has 1 aliphatic heterocycles. The lowest BCUT2D eigenvalue weighted by Crippen LogP contribution is -2.44. The van der Waals surface area contributed by atoms with Gasteiger partial charge in [-0.05, 0) is 61.5 Å². The van der Waals surface area contributed by atoms with Gasteiger partial charge in [-0.3, -0.25) is 4.79 Å². The summed E-state index contributed by atoms with van der Waals surface area (Å²) in [7, 11) is -3.82. The number of benzene rings is 3. The molecule has 172 valence electrons. The van der Waals surface area contributed by atoms with E-state index in [4.69, 9.17) is 16.3 Å². The molecule has 7 nitrogen and oxygen atoms in total. The molecule has 0 radical (unpaired) electrons. The van der Waals surface area contributed by atoms with Gasteiger partial charge >= 0.3 is 0 Å². The van der Waals surface area contributed by atoms with Gasteiger partial charge in [0.15, 0.2) is 0 Å². The third-order valence-corrected chi connectivity index (χ3v) is 7.70. The van der Waals surface area contributed by atoms with Gasteiger partial charge in [0.2, 0.25) is 10.0 Å². The maximum atomic E-state index is 13.0. The van der Waals surface area contributed by atoms with Crippen LogP contribution in [0.1, 0.15) is 25.3 Å². The van der Waals surface area contributed by atoms with Crippen molar-refractivity contribution in [3.8, 4) is 5.75 Å². The average Bonchev–Trinajstić information content (AvgIpc) is 3.32. The van der Waals surface area contributed by atoms with Crippen LogP contribution in [0.5, 0.6) is 5.75 Å². The first-order chi connectivity index (χ1) is 15.9. The maximum absolute atomic E-state index is 13.0. The number of sulfonamides is 1. The Hall–Kier alpha value is -2.94. The van der Waals surface area contributed by atoms with Crippen molar-refractivity contribution in [1.29, 1.82) is 0 Å². The molecule has 33 heavy (non-hydrogen) atoms. The third-order valence-electron chi connectivity index (χ3n) is 5.52. The summed E-state index contributed by atoms with van der Waals surface area (Å²) in [5.41, 5.74) is 3.32. The van der Waals surface area contributed by atoms with Gasteiger partial charge in [-0.15, -0.1) is 0 Å². The molecule has 1 saturated heterocycles. The Morgan fingerprint density at radius 2 is 1.88 bits per heavy atom. The van der Waals surface area contributed by atoms with E-state index in [0.29, 0.717) is 24.5 Å². The van der Waals surface area contributed by atoms with Gasteiger partial charge in [0.1, 0.15) is 11.8 Å². The highest BCUT2D eigenvalue weighted by molar-refractivity contribution is 7.89. The van der Waals surface area contributed by atoms with Gasteiger partial charge in [-0.2, -0.15) is 9.41 Å². The normalized spacial score (nSPS) is 17.0. The van der Waals surface area contributed by atoms with E-state index >= 15 is 0 Å². The molecule has 0 aromatic heterocycles. The van der Waals surface area contributed by atoms with Crippen LogP contribution in [0.4, 0.5) is 0 Å². The fourth-order valence-corrected chi connectivity index (χ4v) is 5.74. The number of halogens is 1. The first kappa shape index (κ1) is 23.2. The van der Waals surface area contributed by atoms with Crippen LogP contribution in [-0.4, -0.2) is 44.0 Å². The van der Waals surface area contributed by atoms with Crippen LogP contribution >= 0.6 is 11.6 Å². The van der Waals surface area contributed by atoms with E-state index < -0.39 is 22.0 Å². The smallest absolute Gasteiger partial charge is 0.258 e. The molecule has 1 fully saturated rings. The Morgan fingerprint density at radius 3 is 2.61 bits per heavy atom. The van der Waals surface area contributed by atoms with E-state index in [1.807, 2.05) is 43.3 Å². The molecular weight excluding hydrogens is 462 g/mol. The molecule has 1 atom stereocenters. The van der Waals surface area contributed by atoms with Crippen molar-refractivity contribution >= 4 is 44.5 Å². The van der Waals surface area contributed by atoms with Crippen LogP contribution in [0, 0.1) is 0 Å². The summed E-state index contributed by atoms with van der Waals surface area (Å²) in [4.78, 5) is 12.9. The highest BCUT2D eigenvalue weighted by Gasteiger charge is 2.39. The number of ether oxygens (including phenoxy) is 1. The van der Waals surface area contributed by atoms with Crippen molar-refractivity contribution in [3.63, 3.8) is 0 Å². The number of carbonyl (C=O) groups is 1. The molecule has 1 heterocycles. The van der Waals surface area contributed by atoms with Gasteiger partial charge in [0.25, 0.3) is 5.91 Å². The molecule has 3 aromatic carbocycles. The second-order valence-corrected chi connectivity index (χ2v) is 9.92. The van der Waals surface area contributed by atoms with Crippen molar-refractivity contribution < 1.29 is 17.9 Å². The topological polar surface area (TPSA) is 88.1 Å². The molecule has 1 aliphatic rings. The Morgan fingerprint density at radius 1 is 1.15 bits per heavy atom. The van der Waals surface area contributed by atoms with Crippen molar-refractivity contribution in [2.45, 2.75) is 30.7 Å². The lowest BCUT2D eigenvalue weighted by atomic mass is 10.0. The largest absolute Gasteiger partial charge is 0.493 e. The second kappa shape index (κ2) is 9.91. The third kappa shape index (κ3) is 4.88. The minimum absolute atomic E-state index is 0.107. The standard InChI is InChI=1S/C24H24ClN3O4S/c1-2-32-23-14-9-17(20-6-3-4-7-21(20)23)16-26-27-24(29)22-8-5-15-28(22)33(30,31)19-12-10-18(25)11-13-19/h3-4,6-7,9-14,16,22H,2,5,8,15H2,1H3,(H,27,29)/b26-16-/t22-/m1/s1. The van der Waals surface area contributed by atoms with Crippen molar-refractivity contribution in [2.24, 2.45) is 5.10 Å². The molecule has 3 aromatic rings. The number of fused-ring (bicyclic) bond motifs is 1. The predicted octanol–water partition coefficient (Wildman–Crippen LogP) is 4.20. The average molecular weight is 486 g/mol. The first-order valence-corrected chi connectivity index (χ1v) is 12.5. The summed E-state index contributed by atoms with van der Waals surface area (Å²) in [6.45, 7) is 2.76. The minimum Gasteiger partial charge on any atom is -0.493 e. The van der Waals surface area contributed by atoms with E-state index in [-0.39, 0.29) is 11.4 Å². The van der Waals surface area contributed by atoms with Crippen LogP contribution in [0.2, 0.25) is 5.02 Å². The molecule has 0 spiro atoms. The SMILES string of the molecule is CCOc1ccc(/C=N\NC(=O)[C@H]2CCCN2S(=O)(=O)c2ccc(Cl)cc2)c2ccccc12. The molecule has 0 saturated carbocycles. The molecule has 0 unspecified atom stereocenters. The molecule has 1 N–H and O–H groups in total. The summed E-state index contributed by atoms with van der Waals surface area (Å²) in [6.07, 6.45) is 2.58. The number of carbonyl (C=O) groups excluding carboxylic acids is 1. The number of amides is 1. The number of nitrogens with zero attached hydrogens (tertiary/aromatic N) is 2. The van der Waals surface area contributed by atoms with E-state index in [9.17, 15) is 13.2 Å². The lowest BCUT2D eigenvalue weighted by Gasteiger charge is -2.22. The van der Waals surface area contributed by atoms with Crippen molar-refractivity contribution in [3.05, 3.63) is 71.2 Å². The zero-order valence-electron chi connectivity index (χ0n) is 18.1. The zero-order valence-corrected chi connectivity index (χ0v) is 19.6. The predicted molar refractivity (Wildman–Crippen MR) is 129 cm³/mol. The van der Waals surface area contributed by atoms with E-state index in [1.165, 1.54) is 28.6 Å². The van der Waals surface area contributed by atoms with E-state index in [0.717, 1.165) is 22.1 Å². The van der Waals surface area contributed by atoms with Crippen molar-refractivity contribution in [1.82, 2.24) is 9.73 Å². The Bertz CT molecular complexity index is 1290. The van der Waals surface area contributed by atoms with Gasteiger partial charge in [-0.25, -0.2) is 13.8 Å². The molecule has 4 rings (SSSR count). The number of nitrogens with one attached hydrogen (secondary N) is 1. The molecule has 0 aliphatic carbocycles. The highest BCUT2D eigenvalue weighted by atomic mass is 35.5. The van der Waals surface area contributed by atoms with Crippen LogP contribution in [0.3, 0.4) is 0 Å². The van der Waals surface area contributed by atoms with Crippen LogP contribution < -0.4 is 10.2 Å². The molecule has 9 heteroatoms. The van der Waals surface area contributed by atoms with Gasteiger partial charge in [-0.1, -0.05) is 35.9 Å². The highest BCUT2D eigenvalue weighted by Crippen LogP contribution is 2.29. The number of hydrogen-bond acceptors (Lipinski definition) is 5.